The fourth-order valence-electron chi connectivity index (χ4n) is 5.05. The number of aromatic nitrogens is 1. The first-order valence-corrected chi connectivity index (χ1v) is 14.3. The van der Waals surface area contributed by atoms with Crippen LogP contribution in [0.15, 0.2) is 48.5 Å². The quantitative estimate of drug-likeness (QED) is 0.223. The fourth-order valence-corrected chi connectivity index (χ4v) is 5.05. The van der Waals surface area contributed by atoms with Gasteiger partial charge in [-0.3, -0.25) is 9.59 Å². The first-order valence-electron chi connectivity index (χ1n) is 14.3. The minimum atomic E-state index is 0.00695. The summed E-state index contributed by atoms with van der Waals surface area (Å²) in [6.45, 7) is 6.55. The highest BCUT2D eigenvalue weighted by Gasteiger charge is 2.17. The van der Waals surface area contributed by atoms with Gasteiger partial charge in [0.05, 0.1) is 6.42 Å². The lowest BCUT2D eigenvalue weighted by molar-refractivity contribution is -0.130. The van der Waals surface area contributed by atoms with Crippen LogP contribution in [0.25, 0.3) is 10.9 Å². The predicted molar refractivity (Wildman–Crippen MR) is 155 cm³/mol. The zero-order valence-corrected chi connectivity index (χ0v) is 23.5. The Labute approximate surface area is 228 Å². The van der Waals surface area contributed by atoms with E-state index in [4.69, 9.17) is 0 Å². The number of nitrogens with one attached hydrogen (secondary N) is 1. The Morgan fingerprint density at radius 1 is 0.974 bits per heavy atom. The van der Waals surface area contributed by atoms with Crippen LogP contribution in [0.5, 0.6) is 5.75 Å². The number of carbonyl (C=O) groups excluding carboxylic acids is 2. The molecule has 0 aliphatic carbocycles. The molecule has 1 aromatic heterocycles. The van der Waals surface area contributed by atoms with E-state index in [0.717, 1.165) is 86.6 Å². The number of aromatic hydroxyl groups is 1. The third-order valence-electron chi connectivity index (χ3n) is 7.38. The van der Waals surface area contributed by atoms with E-state index >= 15 is 0 Å². The van der Waals surface area contributed by atoms with Crippen LogP contribution < -0.4 is 5.32 Å². The number of hydrogen-bond donors (Lipinski definition) is 2. The molecule has 0 spiro atoms. The van der Waals surface area contributed by atoms with Crippen molar-refractivity contribution in [2.24, 2.45) is 0 Å². The molecule has 0 atom stereocenters. The minimum absolute atomic E-state index is 0.00695. The highest BCUT2D eigenvalue weighted by molar-refractivity contribution is 5.91. The van der Waals surface area contributed by atoms with E-state index in [1.165, 1.54) is 5.56 Å². The molecule has 6 heteroatoms. The van der Waals surface area contributed by atoms with Gasteiger partial charge in [0, 0.05) is 49.7 Å². The molecule has 0 aliphatic rings. The molecule has 0 unspecified atom stereocenters. The lowest BCUT2D eigenvalue weighted by atomic mass is 10.1. The van der Waals surface area contributed by atoms with Crippen LogP contribution in [0, 0.1) is 6.92 Å². The highest BCUT2D eigenvalue weighted by Crippen LogP contribution is 2.30. The summed E-state index contributed by atoms with van der Waals surface area (Å²) in [7, 11) is 1.89. The Hall–Kier alpha value is -3.28. The number of amides is 2. The summed E-state index contributed by atoms with van der Waals surface area (Å²) in [6.07, 6.45) is 8.86. The maximum absolute atomic E-state index is 12.8. The minimum Gasteiger partial charge on any atom is -0.508 e. The van der Waals surface area contributed by atoms with Crippen molar-refractivity contribution in [3.63, 3.8) is 0 Å². The average Bonchev–Trinajstić information content (AvgIpc) is 3.16. The summed E-state index contributed by atoms with van der Waals surface area (Å²) in [4.78, 5) is 26.8. The number of phenolic OH excluding ortho intramolecular Hbond substituents is 1. The van der Waals surface area contributed by atoms with E-state index in [-0.39, 0.29) is 17.6 Å². The van der Waals surface area contributed by atoms with Gasteiger partial charge in [0.2, 0.25) is 11.8 Å². The van der Waals surface area contributed by atoms with Crippen molar-refractivity contribution in [3.8, 4) is 5.75 Å². The van der Waals surface area contributed by atoms with Gasteiger partial charge in [0.15, 0.2) is 0 Å². The summed E-state index contributed by atoms with van der Waals surface area (Å²) in [5, 5.41) is 14.1. The largest absolute Gasteiger partial charge is 0.508 e. The van der Waals surface area contributed by atoms with Crippen molar-refractivity contribution >= 4 is 22.7 Å². The second-order valence-corrected chi connectivity index (χ2v) is 10.4. The van der Waals surface area contributed by atoms with Gasteiger partial charge >= 0.3 is 0 Å². The van der Waals surface area contributed by atoms with Crippen molar-refractivity contribution in [2.75, 3.05) is 20.1 Å². The molecule has 2 amide bonds. The van der Waals surface area contributed by atoms with Crippen molar-refractivity contribution in [1.29, 1.82) is 0 Å². The normalized spacial score (nSPS) is 11.1. The monoisotopic (exact) mass is 519 g/mol. The Balaban J connectivity index is 1.46. The second kappa shape index (κ2) is 15.2. The molecule has 0 saturated heterocycles. The van der Waals surface area contributed by atoms with Gasteiger partial charge in [-0.2, -0.15) is 0 Å². The Morgan fingerprint density at radius 3 is 2.50 bits per heavy atom. The summed E-state index contributed by atoms with van der Waals surface area (Å²) in [5.74, 6) is 0.454. The van der Waals surface area contributed by atoms with Crippen molar-refractivity contribution in [1.82, 2.24) is 14.8 Å². The number of phenols is 1. The molecule has 6 nitrogen and oxygen atoms in total. The first kappa shape index (κ1) is 29.3. The third-order valence-corrected chi connectivity index (χ3v) is 7.38. The molecule has 0 aliphatic heterocycles. The number of rotatable bonds is 16. The Morgan fingerprint density at radius 2 is 1.74 bits per heavy atom. The molecular formula is C32H45N3O3. The Bertz CT molecular complexity index is 1170. The maximum Gasteiger partial charge on any atom is 0.224 e. The number of hydrogen-bond acceptors (Lipinski definition) is 3. The van der Waals surface area contributed by atoms with E-state index in [9.17, 15) is 14.7 Å². The molecular weight excluding hydrogens is 474 g/mol. The highest BCUT2D eigenvalue weighted by atomic mass is 16.3. The van der Waals surface area contributed by atoms with Gasteiger partial charge in [0.25, 0.3) is 0 Å². The van der Waals surface area contributed by atoms with Gasteiger partial charge in [-0.05, 0) is 68.4 Å². The van der Waals surface area contributed by atoms with Crippen LogP contribution in [0.4, 0.5) is 0 Å². The van der Waals surface area contributed by atoms with Crippen LogP contribution in [-0.2, 0) is 29.0 Å². The van der Waals surface area contributed by atoms with E-state index in [0.29, 0.717) is 19.4 Å². The van der Waals surface area contributed by atoms with Crippen molar-refractivity contribution < 1.29 is 14.7 Å². The molecule has 3 rings (SSSR count). The van der Waals surface area contributed by atoms with Crippen LogP contribution >= 0.6 is 0 Å². The number of benzene rings is 2. The average molecular weight is 520 g/mol. The summed E-state index contributed by atoms with van der Waals surface area (Å²) in [5.41, 5.74) is 4.46. The molecule has 1 heterocycles. The number of fused-ring (bicyclic) bond motifs is 1. The fraction of sp³-hybridized carbons (Fsp3) is 0.500. The predicted octanol–water partition coefficient (Wildman–Crippen LogP) is 6.16. The smallest absolute Gasteiger partial charge is 0.224 e. The number of carbonyl (C=O) groups is 2. The first-order chi connectivity index (χ1) is 18.4. The summed E-state index contributed by atoms with van der Waals surface area (Å²) >= 11 is 0. The molecule has 38 heavy (non-hydrogen) atoms. The van der Waals surface area contributed by atoms with E-state index in [2.05, 4.69) is 48.0 Å². The zero-order valence-electron chi connectivity index (χ0n) is 23.5. The maximum atomic E-state index is 12.8. The number of aryl methyl sites for hydroxylation is 2. The molecule has 0 radical (unpaired) electrons. The molecule has 2 aromatic carbocycles. The number of unbranched alkanes of at least 4 members (excludes halogenated alkanes) is 4. The van der Waals surface area contributed by atoms with Crippen LogP contribution in [0.2, 0.25) is 0 Å². The SMILES string of the molecule is CCCCN(C)C(=O)CCCCCCNC(=O)Cc1c(C)n(CCCc2ccccc2)c2ccc(O)cc12. The second-order valence-electron chi connectivity index (χ2n) is 10.4. The van der Waals surface area contributed by atoms with Gasteiger partial charge in [-0.15, -0.1) is 0 Å². The number of nitrogens with zero attached hydrogens (tertiary/aromatic N) is 2. The van der Waals surface area contributed by atoms with Crippen molar-refractivity contribution in [2.45, 2.75) is 84.6 Å². The topological polar surface area (TPSA) is 74.6 Å². The van der Waals surface area contributed by atoms with Gasteiger partial charge in [0.1, 0.15) is 5.75 Å². The molecule has 0 saturated carbocycles. The molecule has 206 valence electrons. The van der Waals surface area contributed by atoms with Crippen LogP contribution in [0.3, 0.4) is 0 Å². The molecule has 3 aromatic rings. The van der Waals surface area contributed by atoms with E-state index < -0.39 is 0 Å². The third kappa shape index (κ3) is 8.64. The zero-order chi connectivity index (χ0) is 27.3. The molecule has 2 N–H and O–H groups in total. The molecule has 0 fully saturated rings. The van der Waals surface area contributed by atoms with Gasteiger partial charge < -0.3 is 19.9 Å². The van der Waals surface area contributed by atoms with E-state index in [1.807, 2.05) is 24.1 Å². The lowest BCUT2D eigenvalue weighted by Crippen LogP contribution is -2.27. The summed E-state index contributed by atoms with van der Waals surface area (Å²) in [6, 6.07) is 15.9. The van der Waals surface area contributed by atoms with Crippen LogP contribution in [-0.4, -0.2) is 46.5 Å². The summed E-state index contributed by atoms with van der Waals surface area (Å²) < 4.78 is 2.28. The van der Waals surface area contributed by atoms with Crippen LogP contribution in [0.1, 0.15) is 75.1 Å². The lowest BCUT2D eigenvalue weighted by Gasteiger charge is -2.16. The Kier molecular flexibility index (Phi) is 11.7. The molecule has 0 bridgehead atoms. The van der Waals surface area contributed by atoms with Crippen molar-refractivity contribution in [3.05, 3.63) is 65.4 Å². The van der Waals surface area contributed by atoms with Gasteiger partial charge in [-0.25, -0.2) is 0 Å². The van der Waals surface area contributed by atoms with Gasteiger partial charge in [-0.1, -0.05) is 56.5 Å². The van der Waals surface area contributed by atoms with E-state index in [1.54, 1.807) is 12.1 Å². The standard InChI is InChI=1S/C32H45N3O3/c1-4-5-21-34(3)32(38)17-11-6-7-12-20-33-31(37)24-28-25(2)35(30-19-18-27(36)23-29(28)30)22-13-16-26-14-9-8-10-15-26/h8-10,14-15,18-19,23,36H,4-7,11-13,16-17,20-22,24H2,1-3H3,(H,33,37).